The molecule has 2 rings (SSSR count). The molecule has 58 valence electrons. The number of nitrogens with two attached hydrogens (primary N) is 1. The number of benzene rings is 1. The molecule has 3 heteroatoms. The zero-order valence-electron chi connectivity index (χ0n) is 6.13. The van der Waals surface area contributed by atoms with E-state index in [1.54, 1.807) is 0 Å². The second-order valence-corrected chi connectivity index (χ2v) is 2.53. The molecule has 0 spiro atoms. The van der Waals surface area contributed by atoms with E-state index in [4.69, 9.17) is 10.6 Å². The first kappa shape index (κ1) is 6.49. The maximum Gasteiger partial charge on any atom is 0.124 e. The number of hydrogen-bond acceptors (Lipinski definition) is 3. The Kier molecular flexibility index (Phi) is 1.43. The van der Waals surface area contributed by atoms with Crippen LogP contribution >= 0.6 is 0 Å². The van der Waals surface area contributed by atoms with E-state index in [-0.39, 0.29) is 0 Å². The van der Waals surface area contributed by atoms with Crippen molar-refractivity contribution >= 4 is 5.69 Å². The summed E-state index contributed by atoms with van der Waals surface area (Å²) >= 11 is 0. The third-order valence-electron chi connectivity index (χ3n) is 1.90. The quantitative estimate of drug-likeness (QED) is 0.462. The summed E-state index contributed by atoms with van der Waals surface area (Å²) in [7, 11) is 0. The molecule has 0 radical (unpaired) electrons. The highest BCUT2D eigenvalue weighted by molar-refractivity contribution is 5.58. The first-order valence-electron chi connectivity index (χ1n) is 3.63. The van der Waals surface area contributed by atoms with Crippen molar-refractivity contribution in [1.29, 1.82) is 0 Å². The van der Waals surface area contributed by atoms with Crippen molar-refractivity contribution in [2.75, 3.05) is 12.0 Å². The second kappa shape index (κ2) is 2.43. The van der Waals surface area contributed by atoms with Crippen LogP contribution in [0.4, 0.5) is 5.69 Å². The lowest BCUT2D eigenvalue weighted by Gasteiger charge is -2.04. The fourth-order valence-electron chi connectivity index (χ4n) is 1.36. The molecular formula is C8H10N2O. The van der Waals surface area contributed by atoms with Crippen LogP contribution in [0.2, 0.25) is 0 Å². The van der Waals surface area contributed by atoms with Crippen molar-refractivity contribution in [2.45, 2.75) is 6.42 Å². The van der Waals surface area contributed by atoms with E-state index >= 15 is 0 Å². The minimum absolute atomic E-state index is 0.772. The molecule has 11 heavy (non-hydrogen) atoms. The molecule has 1 aliphatic rings. The number of hydrogen-bond donors (Lipinski definition) is 2. The van der Waals surface area contributed by atoms with Crippen LogP contribution in [0.1, 0.15) is 5.56 Å². The second-order valence-electron chi connectivity index (χ2n) is 2.53. The topological polar surface area (TPSA) is 47.3 Å². The van der Waals surface area contributed by atoms with Crippen molar-refractivity contribution in [3.8, 4) is 5.75 Å². The summed E-state index contributed by atoms with van der Waals surface area (Å²) in [5.41, 5.74) is 4.81. The fourth-order valence-corrected chi connectivity index (χ4v) is 1.36. The third kappa shape index (κ3) is 0.935. The molecule has 0 aromatic heterocycles. The summed E-state index contributed by atoms with van der Waals surface area (Å²) in [5.74, 6) is 6.28. The Bertz CT molecular complexity index is 273. The molecule has 0 atom stereocenters. The normalized spacial score (nSPS) is 13.9. The Balaban J connectivity index is 2.50. The van der Waals surface area contributed by atoms with Crippen LogP contribution in [0.5, 0.6) is 5.75 Å². The van der Waals surface area contributed by atoms with Gasteiger partial charge >= 0.3 is 0 Å². The monoisotopic (exact) mass is 150 g/mol. The summed E-state index contributed by atoms with van der Waals surface area (Å²) in [4.78, 5) is 0. The number of hydrazine groups is 1. The van der Waals surface area contributed by atoms with E-state index in [1.807, 2.05) is 18.2 Å². The highest BCUT2D eigenvalue weighted by atomic mass is 16.5. The fraction of sp³-hybridized carbons (Fsp3) is 0.250. The highest BCUT2D eigenvalue weighted by Gasteiger charge is 2.14. The highest BCUT2D eigenvalue weighted by Crippen LogP contribution is 2.30. The zero-order valence-corrected chi connectivity index (χ0v) is 6.13. The number of ether oxygens (including phenoxy) is 1. The smallest absolute Gasteiger partial charge is 0.124 e. The number of fused-ring (bicyclic) bond motifs is 1. The molecule has 0 aliphatic carbocycles. The average molecular weight is 150 g/mol. The van der Waals surface area contributed by atoms with Gasteiger partial charge in [-0.05, 0) is 12.1 Å². The lowest BCUT2D eigenvalue weighted by molar-refractivity contribution is 0.357. The predicted molar refractivity (Wildman–Crippen MR) is 43.5 cm³/mol. The van der Waals surface area contributed by atoms with Crippen LogP contribution < -0.4 is 16.0 Å². The lowest BCUT2D eigenvalue weighted by atomic mass is 10.1. The number of rotatable bonds is 1. The average Bonchev–Trinajstić information content (AvgIpc) is 2.50. The van der Waals surface area contributed by atoms with Gasteiger partial charge in [-0.15, -0.1) is 0 Å². The molecule has 3 nitrogen and oxygen atoms in total. The summed E-state index contributed by atoms with van der Waals surface area (Å²) < 4.78 is 5.35. The van der Waals surface area contributed by atoms with Crippen LogP contribution in [0.15, 0.2) is 18.2 Å². The van der Waals surface area contributed by atoms with Crippen molar-refractivity contribution in [3.05, 3.63) is 23.8 Å². The van der Waals surface area contributed by atoms with Gasteiger partial charge in [0, 0.05) is 12.0 Å². The molecule has 3 N–H and O–H groups in total. The van der Waals surface area contributed by atoms with Crippen LogP contribution in [0, 0.1) is 0 Å². The van der Waals surface area contributed by atoms with Crippen LogP contribution in [0.3, 0.4) is 0 Å². The first-order valence-corrected chi connectivity index (χ1v) is 3.63. The molecule has 0 fully saturated rings. The van der Waals surface area contributed by atoms with Gasteiger partial charge in [-0.1, -0.05) is 6.07 Å². The van der Waals surface area contributed by atoms with Gasteiger partial charge in [0.2, 0.25) is 0 Å². The molecule has 1 aliphatic heterocycles. The molecule has 0 bridgehead atoms. The van der Waals surface area contributed by atoms with E-state index in [0.717, 1.165) is 24.5 Å². The van der Waals surface area contributed by atoms with Gasteiger partial charge in [0.15, 0.2) is 0 Å². The van der Waals surface area contributed by atoms with E-state index in [2.05, 4.69) is 5.43 Å². The van der Waals surface area contributed by atoms with Crippen LogP contribution in [0.25, 0.3) is 0 Å². The first-order chi connectivity index (χ1) is 5.42. The largest absolute Gasteiger partial charge is 0.493 e. The predicted octanol–water partition coefficient (Wildman–Crippen LogP) is 0.907. The van der Waals surface area contributed by atoms with Crippen molar-refractivity contribution in [2.24, 2.45) is 5.84 Å². The molecular weight excluding hydrogens is 140 g/mol. The third-order valence-corrected chi connectivity index (χ3v) is 1.90. The van der Waals surface area contributed by atoms with E-state index in [0.29, 0.717) is 0 Å². The van der Waals surface area contributed by atoms with Gasteiger partial charge in [-0.2, -0.15) is 0 Å². The van der Waals surface area contributed by atoms with Gasteiger partial charge in [0.1, 0.15) is 5.75 Å². The Hall–Kier alpha value is -1.22. The molecule has 1 aromatic carbocycles. The van der Waals surface area contributed by atoms with E-state index < -0.39 is 0 Å². The molecule has 1 aromatic rings. The number of nitrogen functional groups attached to an aromatic ring is 1. The minimum Gasteiger partial charge on any atom is -0.493 e. The maximum absolute atomic E-state index is 5.35. The molecule has 0 saturated carbocycles. The SMILES string of the molecule is NNc1cccc2c1CCO2. The van der Waals surface area contributed by atoms with E-state index in [9.17, 15) is 0 Å². The van der Waals surface area contributed by atoms with Crippen molar-refractivity contribution < 1.29 is 4.74 Å². The van der Waals surface area contributed by atoms with Crippen molar-refractivity contribution in [1.82, 2.24) is 0 Å². The zero-order chi connectivity index (χ0) is 7.68. The van der Waals surface area contributed by atoms with Crippen molar-refractivity contribution in [3.63, 3.8) is 0 Å². The summed E-state index contributed by atoms with van der Waals surface area (Å²) in [6.07, 6.45) is 0.954. The number of nitrogens with one attached hydrogen (secondary N) is 1. The molecule has 0 amide bonds. The molecule has 0 saturated heterocycles. The van der Waals surface area contributed by atoms with Crippen LogP contribution in [-0.2, 0) is 6.42 Å². The van der Waals surface area contributed by atoms with Gasteiger partial charge in [-0.25, -0.2) is 0 Å². The number of anilines is 1. The summed E-state index contributed by atoms with van der Waals surface area (Å²) in [6.45, 7) is 0.772. The standard InChI is InChI=1S/C8H10N2O/c9-10-7-2-1-3-8-6(7)4-5-11-8/h1-3,10H,4-5,9H2. The minimum atomic E-state index is 0.772. The Morgan fingerprint density at radius 1 is 1.45 bits per heavy atom. The Labute approximate surface area is 65.1 Å². The molecule has 1 heterocycles. The molecule has 0 unspecified atom stereocenters. The summed E-state index contributed by atoms with van der Waals surface area (Å²) in [5, 5.41) is 0. The Morgan fingerprint density at radius 2 is 2.36 bits per heavy atom. The van der Waals surface area contributed by atoms with Crippen LogP contribution in [-0.4, -0.2) is 6.61 Å². The summed E-state index contributed by atoms with van der Waals surface area (Å²) in [6, 6.07) is 5.84. The van der Waals surface area contributed by atoms with Gasteiger partial charge < -0.3 is 10.2 Å². The Morgan fingerprint density at radius 3 is 3.18 bits per heavy atom. The maximum atomic E-state index is 5.35. The van der Waals surface area contributed by atoms with Gasteiger partial charge in [-0.3, -0.25) is 5.84 Å². The van der Waals surface area contributed by atoms with E-state index in [1.165, 1.54) is 5.56 Å². The lowest BCUT2D eigenvalue weighted by Crippen LogP contribution is -2.08. The van der Waals surface area contributed by atoms with Gasteiger partial charge in [0.05, 0.1) is 12.3 Å². The van der Waals surface area contributed by atoms with Gasteiger partial charge in [0.25, 0.3) is 0 Å².